The third kappa shape index (κ3) is 5.61. The van der Waals surface area contributed by atoms with Crippen LogP contribution in [0.1, 0.15) is 32.4 Å². The molecule has 4 nitrogen and oxygen atoms in total. The number of hydrogen-bond donors (Lipinski definition) is 2. The average Bonchev–Trinajstić information content (AvgIpc) is 2.37. The van der Waals surface area contributed by atoms with Gasteiger partial charge >= 0.3 is 0 Å². The van der Waals surface area contributed by atoms with Crippen LogP contribution >= 0.6 is 0 Å². The summed E-state index contributed by atoms with van der Waals surface area (Å²) in [5, 5.41) is 6.78. The average molecular weight is 276 g/mol. The summed E-state index contributed by atoms with van der Waals surface area (Å²) in [6, 6.07) is 10.8. The van der Waals surface area contributed by atoms with Gasteiger partial charge in [-0.25, -0.2) is 0 Å². The fourth-order valence-corrected chi connectivity index (χ4v) is 2.00. The summed E-state index contributed by atoms with van der Waals surface area (Å²) in [6.07, 6.45) is 0. The van der Waals surface area contributed by atoms with Crippen molar-refractivity contribution >= 4 is 5.96 Å². The summed E-state index contributed by atoms with van der Waals surface area (Å²) in [5.41, 5.74) is 1.30. The molecule has 0 radical (unpaired) electrons. The van der Waals surface area contributed by atoms with Crippen LogP contribution in [0.2, 0.25) is 0 Å². The van der Waals surface area contributed by atoms with Crippen LogP contribution in [0.15, 0.2) is 35.3 Å². The predicted molar refractivity (Wildman–Crippen MR) is 87.1 cm³/mol. The summed E-state index contributed by atoms with van der Waals surface area (Å²) >= 11 is 0. The molecule has 2 N–H and O–H groups in total. The van der Waals surface area contributed by atoms with Crippen LogP contribution in [-0.4, -0.2) is 44.1 Å². The lowest BCUT2D eigenvalue weighted by molar-refractivity contribution is 0.297. The van der Waals surface area contributed by atoms with Gasteiger partial charge in [-0.1, -0.05) is 30.3 Å². The topological polar surface area (TPSA) is 39.7 Å². The first-order valence-corrected chi connectivity index (χ1v) is 7.03. The van der Waals surface area contributed by atoms with Gasteiger partial charge < -0.3 is 15.5 Å². The minimum atomic E-state index is 0.00219. The van der Waals surface area contributed by atoms with Gasteiger partial charge in [0.2, 0.25) is 0 Å². The van der Waals surface area contributed by atoms with Crippen LogP contribution in [-0.2, 0) is 0 Å². The van der Waals surface area contributed by atoms with Crippen molar-refractivity contribution in [2.24, 2.45) is 4.99 Å². The number of likely N-dealkylation sites (N-methyl/N-ethyl adjacent to an activating group) is 1. The molecule has 1 aromatic carbocycles. The van der Waals surface area contributed by atoms with Crippen LogP contribution in [0, 0.1) is 0 Å². The van der Waals surface area contributed by atoms with Crippen molar-refractivity contribution in [2.45, 2.75) is 32.4 Å². The van der Waals surface area contributed by atoms with Gasteiger partial charge in [-0.15, -0.1) is 0 Å². The Kier molecular flexibility index (Phi) is 6.02. The zero-order valence-corrected chi connectivity index (χ0v) is 13.6. The van der Waals surface area contributed by atoms with Gasteiger partial charge in [-0.2, -0.15) is 0 Å². The number of guanidine groups is 1. The molecular formula is C16H28N4. The fourth-order valence-electron chi connectivity index (χ4n) is 2.00. The van der Waals surface area contributed by atoms with E-state index in [1.165, 1.54) is 5.56 Å². The fraction of sp³-hybridized carbons (Fsp3) is 0.562. The molecule has 0 saturated heterocycles. The third-order valence-electron chi connectivity index (χ3n) is 2.99. The Hall–Kier alpha value is -1.55. The molecule has 0 aliphatic rings. The molecule has 0 fully saturated rings. The number of nitrogens with zero attached hydrogens (tertiary/aromatic N) is 2. The minimum absolute atomic E-state index is 0.00219. The second kappa shape index (κ2) is 7.29. The monoisotopic (exact) mass is 276 g/mol. The van der Waals surface area contributed by atoms with Gasteiger partial charge in [0, 0.05) is 19.1 Å². The Labute approximate surface area is 123 Å². The standard InChI is InChI=1S/C16H28N4/c1-16(2,3)19-15(17-4)18-12-14(20(5)6)13-10-8-7-9-11-13/h7-11,14H,12H2,1-6H3,(H2,17,18,19). The lowest BCUT2D eigenvalue weighted by Gasteiger charge is -2.28. The Balaban J connectivity index is 2.69. The van der Waals surface area contributed by atoms with Crippen molar-refractivity contribution in [1.29, 1.82) is 0 Å². The number of hydrogen-bond acceptors (Lipinski definition) is 2. The summed E-state index contributed by atoms with van der Waals surface area (Å²) < 4.78 is 0. The molecule has 0 aliphatic heterocycles. The summed E-state index contributed by atoms with van der Waals surface area (Å²) in [5.74, 6) is 0.834. The molecule has 0 heterocycles. The molecule has 0 spiro atoms. The zero-order valence-electron chi connectivity index (χ0n) is 13.6. The van der Waals surface area contributed by atoms with E-state index in [2.05, 4.69) is 79.7 Å². The summed E-state index contributed by atoms with van der Waals surface area (Å²) in [7, 11) is 5.99. The van der Waals surface area contributed by atoms with E-state index < -0.39 is 0 Å². The van der Waals surface area contributed by atoms with E-state index in [9.17, 15) is 0 Å². The zero-order chi connectivity index (χ0) is 15.2. The number of benzene rings is 1. The SMILES string of the molecule is CN=C(NCC(c1ccccc1)N(C)C)NC(C)(C)C. The van der Waals surface area contributed by atoms with Crippen LogP contribution < -0.4 is 10.6 Å². The van der Waals surface area contributed by atoms with Crippen molar-refractivity contribution in [3.63, 3.8) is 0 Å². The smallest absolute Gasteiger partial charge is 0.191 e. The van der Waals surface area contributed by atoms with Crippen molar-refractivity contribution in [1.82, 2.24) is 15.5 Å². The molecule has 20 heavy (non-hydrogen) atoms. The quantitative estimate of drug-likeness (QED) is 0.654. The van der Waals surface area contributed by atoms with Gasteiger partial charge in [0.1, 0.15) is 0 Å². The second-order valence-electron chi connectivity index (χ2n) is 6.22. The Morgan fingerprint density at radius 1 is 1.20 bits per heavy atom. The maximum atomic E-state index is 4.27. The van der Waals surface area contributed by atoms with Gasteiger partial charge in [-0.3, -0.25) is 4.99 Å². The molecule has 1 aromatic rings. The molecule has 1 atom stereocenters. The molecular weight excluding hydrogens is 248 g/mol. The van der Waals surface area contributed by atoms with Gasteiger partial charge in [0.15, 0.2) is 5.96 Å². The van der Waals surface area contributed by atoms with E-state index >= 15 is 0 Å². The molecule has 0 bridgehead atoms. The maximum Gasteiger partial charge on any atom is 0.191 e. The summed E-state index contributed by atoms with van der Waals surface area (Å²) in [4.78, 5) is 6.49. The van der Waals surface area contributed by atoms with E-state index in [0.717, 1.165) is 12.5 Å². The summed E-state index contributed by atoms with van der Waals surface area (Å²) in [6.45, 7) is 7.19. The van der Waals surface area contributed by atoms with Crippen LogP contribution in [0.4, 0.5) is 0 Å². The van der Waals surface area contributed by atoms with Crippen LogP contribution in [0.25, 0.3) is 0 Å². The molecule has 0 aromatic heterocycles. The number of aliphatic imine (C=N–C) groups is 1. The van der Waals surface area contributed by atoms with Crippen molar-refractivity contribution < 1.29 is 0 Å². The lowest BCUT2D eigenvalue weighted by Crippen LogP contribution is -2.49. The van der Waals surface area contributed by atoms with Crippen molar-refractivity contribution in [3.8, 4) is 0 Å². The third-order valence-corrected chi connectivity index (χ3v) is 2.99. The van der Waals surface area contributed by atoms with E-state index in [-0.39, 0.29) is 5.54 Å². The highest BCUT2D eigenvalue weighted by molar-refractivity contribution is 5.80. The van der Waals surface area contributed by atoms with Crippen molar-refractivity contribution in [2.75, 3.05) is 27.7 Å². The Morgan fingerprint density at radius 3 is 2.25 bits per heavy atom. The highest BCUT2D eigenvalue weighted by Gasteiger charge is 2.16. The molecule has 0 aliphatic carbocycles. The van der Waals surface area contributed by atoms with E-state index in [1.807, 2.05) is 6.07 Å². The van der Waals surface area contributed by atoms with Gasteiger partial charge in [0.25, 0.3) is 0 Å². The van der Waals surface area contributed by atoms with Crippen molar-refractivity contribution in [3.05, 3.63) is 35.9 Å². The predicted octanol–water partition coefficient (Wildman–Crippen LogP) is 2.25. The maximum absolute atomic E-state index is 4.27. The van der Waals surface area contributed by atoms with E-state index in [1.54, 1.807) is 7.05 Å². The highest BCUT2D eigenvalue weighted by Crippen LogP contribution is 2.16. The van der Waals surface area contributed by atoms with Gasteiger partial charge in [-0.05, 0) is 40.4 Å². The lowest BCUT2D eigenvalue weighted by atomic mass is 10.1. The first-order chi connectivity index (χ1) is 9.33. The second-order valence-corrected chi connectivity index (χ2v) is 6.22. The molecule has 1 unspecified atom stereocenters. The first-order valence-electron chi connectivity index (χ1n) is 7.03. The molecule has 112 valence electrons. The molecule has 0 amide bonds. The number of nitrogens with one attached hydrogen (secondary N) is 2. The highest BCUT2D eigenvalue weighted by atomic mass is 15.2. The van der Waals surface area contributed by atoms with Crippen LogP contribution in [0.5, 0.6) is 0 Å². The first kappa shape index (κ1) is 16.5. The van der Waals surface area contributed by atoms with E-state index in [0.29, 0.717) is 6.04 Å². The molecule has 4 heteroatoms. The molecule has 0 saturated carbocycles. The molecule has 1 rings (SSSR count). The number of rotatable bonds is 4. The van der Waals surface area contributed by atoms with E-state index in [4.69, 9.17) is 0 Å². The largest absolute Gasteiger partial charge is 0.354 e. The Morgan fingerprint density at radius 2 is 1.80 bits per heavy atom. The Bertz CT molecular complexity index is 418. The minimum Gasteiger partial charge on any atom is -0.354 e. The van der Waals surface area contributed by atoms with Crippen LogP contribution in [0.3, 0.4) is 0 Å². The normalized spacial score (nSPS) is 14.2. The van der Waals surface area contributed by atoms with Gasteiger partial charge in [0.05, 0.1) is 6.04 Å².